The van der Waals surface area contributed by atoms with Crippen LogP contribution < -0.4 is 0 Å². The van der Waals surface area contributed by atoms with E-state index in [0.717, 1.165) is 25.9 Å². The summed E-state index contributed by atoms with van der Waals surface area (Å²) in [6.45, 7) is 4.55. The fraction of sp³-hybridized carbons (Fsp3) is 0.625. The summed E-state index contributed by atoms with van der Waals surface area (Å²) in [7, 11) is 1.73. The molecule has 1 heteroatoms. The van der Waals surface area contributed by atoms with Gasteiger partial charge in [0.25, 0.3) is 0 Å². The van der Waals surface area contributed by atoms with Crippen molar-refractivity contribution in [2.75, 3.05) is 13.7 Å². The van der Waals surface area contributed by atoms with E-state index in [-0.39, 0.29) is 0 Å². The number of ether oxygens (including phenoxy) is 1. The second kappa shape index (κ2) is 7.70. The van der Waals surface area contributed by atoms with Gasteiger partial charge in [0.1, 0.15) is 0 Å². The SMILES string of the molecule is [CH2]C/C=C/CCCOC. The molecule has 0 aromatic heterocycles. The lowest BCUT2D eigenvalue weighted by Gasteiger charge is -1.91. The van der Waals surface area contributed by atoms with Crippen LogP contribution in [0.1, 0.15) is 19.3 Å². The zero-order valence-corrected chi connectivity index (χ0v) is 6.10. The Kier molecular flexibility index (Phi) is 7.44. The van der Waals surface area contributed by atoms with Crippen molar-refractivity contribution in [1.29, 1.82) is 0 Å². The van der Waals surface area contributed by atoms with Gasteiger partial charge < -0.3 is 4.74 Å². The second-order valence-corrected chi connectivity index (χ2v) is 1.90. The van der Waals surface area contributed by atoms with Crippen molar-refractivity contribution in [2.45, 2.75) is 19.3 Å². The minimum Gasteiger partial charge on any atom is -0.385 e. The molecule has 0 aliphatic heterocycles. The Labute approximate surface area is 57.7 Å². The van der Waals surface area contributed by atoms with Crippen LogP contribution in [-0.4, -0.2) is 13.7 Å². The summed E-state index contributed by atoms with van der Waals surface area (Å²) in [5, 5.41) is 0. The van der Waals surface area contributed by atoms with Crippen molar-refractivity contribution in [2.24, 2.45) is 0 Å². The van der Waals surface area contributed by atoms with Crippen LogP contribution in [0.5, 0.6) is 0 Å². The molecular weight excluding hydrogens is 112 g/mol. The van der Waals surface area contributed by atoms with E-state index >= 15 is 0 Å². The molecule has 0 N–H and O–H groups in total. The lowest BCUT2D eigenvalue weighted by molar-refractivity contribution is 0.196. The highest BCUT2D eigenvalue weighted by Gasteiger charge is 1.79. The van der Waals surface area contributed by atoms with Gasteiger partial charge in [-0.3, -0.25) is 0 Å². The van der Waals surface area contributed by atoms with Gasteiger partial charge in [-0.1, -0.05) is 12.2 Å². The quantitative estimate of drug-likeness (QED) is 0.406. The van der Waals surface area contributed by atoms with Gasteiger partial charge in [-0.05, 0) is 26.2 Å². The number of allylic oxidation sites excluding steroid dienone is 2. The smallest absolute Gasteiger partial charge is 0.0465 e. The normalized spacial score (nSPS) is 10.9. The predicted molar refractivity (Wildman–Crippen MR) is 40.2 cm³/mol. The summed E-state index contributed by atoms with van der Waals surface area (Å²) in [6.07, 6.45) is 7.35. The van der Waals surface area contributed by atoms with Gasteiger partial charge in [0.15, 0.2) is 0 Å². The fourth-order valence-electron chi connectivity index (χ4n) is 0.581. The first-order chi connectivity index (χ1) is 4.41. The Morgan fingerprint density at radius 1 is 1.44 bits per heavy atom. The van der Waals surface area contributed by atoms with Crippen molar-refractivity contribution in [3.05, 3.63) is 19.1 Å². The van der Waals surface area contributed by atoms with Crippen LogP contribution in [0.4, 0.5) is 0 Å². The average Bonchev–Trinajstić information content (AvgIpc) is 1.89. The molecule has 0 aliphatic rings. The van der Waals surface area contributed by atoms with Gasteiger partial charge in [-0.25, -0.2) is 0 Å². The van der Waals surface area contributed by atoms with E-state index in [2.05, 4.69) is 19.1 Å². The summed E-state index contributed by atoms with van der Waals surface area (Å²) in [5.41, 5.74) is 0. The number of hydrogen-bond donors (Lipinski definition) is 0. The molecule has 0 bridgehead atoms. The molecule has 53 valence electrons. The summed E-state index contributed by atoms with van der Waals surface area (Å²) in [5.74, 6) is 0. The zero-order chi connectivity index (χ0) is 6.95. The number of unbranched alkanes of at least 4 members (excludes halogenated alkanes) is 1. The third-order valence-corrected chi connectivity index (χ3v) is 1.05. The van der Waals surface area contributed by atoms with Crippen molar-refractivity contribution >= 4 is 0 Å². The molecule has 0 aromatic carbocycles. The molecule has 0 atom stereocenters. The van der Waals surface area contributed by atoms with Gasteiger partial charge >= 0.3 is 0 Å². The molecule has 1 nitrogen and oxygen atoms in total. The van der Waals surface area contributed by atoms with Gasteiger partial charge in [-0.2, -0.15) is 0 Å². The molecule has 0 unspecified atom stereocenters. The van der Waals surface area contributed by atoms with Crippen LogP contribution in [0.25, 0.3) is 0 Å². The Morgan fingerprint density at radius 2 is 2.22 bits per heavy atom. The molecule has 1 radical (unpaired) electrons. The minimum absolute atomic E-state index is 0.863. The fourth-order valence-corrected chi connectivity index (χ4v) is 0.581. The first-order valence-electron chi connectivity index (χ1n) is 3.35. The third kappa shape index (κ3) is 7.70. The Balaban J connectivity index is 2.82. The molecular formula is C8H15O. The van der Waals surface area contributed by atoms with Gasteiger partial charge in [0, 0.05) is 13.7 Å². The summed E-state index contributed by atoms with van der Waals surface area (Å²) >= 11 is 0. The number of hydrogen-bond acceptors (Lipinski definition) is 1. The second-order valence-electron chi connectivity index (χ2n) is 1.90. The minimum atomic E-state index is 0.863. The molecule has 9 heavy (non-hydrogen) atoms. The van der Waals surface area contributed by atoms with Crippen molar-refractivity contribution in [3.63, 3.8) is 0 Å². The maximum atomic E-state index is 4.87. The van der Waals surface area contributed by atoms with Crippen molar-refractivity contribution < 1.29 is 4.74 Å². The lowest BCUT2D eigenvalue weighted by Crippen LogP contribution is -1.85. The van der Waals surface area contributed by atoms with Crippen LogP contribution in [0.3, 0.4) is 0 Å². The lowest BCUT2D eigenvalue weighted by atomic mass is 10.3. The highest BCUT2D eigenvalue weighted by molar-refractivity contribution is 4.81. The van der Waals surface area contributed by atoms with E-state index in [9.17, 15) is 0 Å². The number of rotatable bonds is 5. The molecule has 0 aromatic rings. The predicted octanol–water partition coefficient (Wildman–Crippen LogP) is 2.19. The monoisotopic (exact) mass is 127 g/mol. The van der Waals surface area contributed by atoms with E-state index in [4.69, 9.17) is 4.74 Å². The first kappa shape index (κ1) is 8.70. The average molecular weight is 127 g/mol. The van der Waals surface area contributed by atoms with E-state index in [1.54, 1.807) is 7.11 Å². The Bertz CT molecular complexity index is 67.0. The van der Waals surface area contributed by atoms with Crippen LogP contribution in [0.2, 0.25) is 0 Å². The molecule has 0 fully saturated rings. The highest BCUT2D eigenvalue weighted by atomic mass is 16.5. The summed E-state index contributed by atoms with van der Waals surface area (Å²) in [6, 6.07) is 0. The highest BCUT2D eigenvalue weighted by Crippen LogP contribution is 1.91. The van der Waals surface area contributed by atoms with Crippen LogP contribution >= 0.6 is 0 Å². The molecule has 0 heterocycles. The maximum Gasteiger partial charge on any atom is 0.0465 e. The first-order valence-corrected chi connectivity index (χ1v) is 3.35. The third-order valence-electron chi connectivity index (χ3n) is 1.05. The van der Waals surface area contributed by atoms with Crippen LogP contribution in [-0.2, 0) is 4.74 Å². The molecule has 0 aliphatic carbocycles. The van der Waals surface area contributed by atoms with E-state index < -0.39 is 0 Å². The van der Waals surface area contributed by atoms with Crippen molar-refractivity contribution in [1.82, 2.24) is 0 Å². The molecule has 0 amide bonds. The molecule has 0 saturated carbocycles. The standard InChI is InChI=1S/C8H15O/c1-3-4-5-6-7-8-9-2/h4-5H,1,3,6-8H2,2H3/b5-4+. The Hall–Kier alpha value is -0.300. The molecule has 0 rings (SSSR count). The van der Waals surface area contributed by atoms with Gasteiger partial charge in [0.05, 0.1) is 0 Å². The topological polar surface area (TPSA) is 9.23 Å². The Morgan fingerprint density at radius 3 is 2.78 bits per heavy atom. The molecule has 0 spiro atoms. The van der Waals surface area contributed by atoms with Gasteiger partial charge in [-0.15, -0.1) is 0 Å². The maximum absolute atomic E-state index is 4.87. The van der Waals surface area contributed by atoms with Crippen LogP contribution in [0.15, 0.2) is 12.2 Å². The van der Waals surface area contributed by atoms with E-state index in [1.807, 2.05) is 0 Å². The van der Waals surface area contributed by atoms with Crippen molar-refractivity contribution in [3.8, 4) is 0 Å². The van der Waals surface area contributed by atoms with Crippen LogP contribution in [0, 0.1) is 6.92 Å². The number of methoxy groups -OCH3 is 1. The van der Waals surface area contributed by atoms with Gasteiger partial charge in [0.2, 0.25) is 0 Å². The summed E-state index contributed by atoms with van der Waals surface area (Å²) < 4.78 is 4.87. The molecule has 0 saturated heterocycles. The van der Waals surface area contributed by atoms with E-state index in [0.29, 0.717) is 0 Å². The van der Waals surface area contributed by atoms with E-state index in [1.165, 1.54) is 0 Å². The summed E-state index contributed by atoms with van der Waals surface area (Å²) in [4.78, 5) is 0. The zero-order valence-electron chi connectivity index (χ0n) is 6.10. The largest absolute Gasteiger partial charge is 0.385 e.